The molecule has 1 saturated heterocycles. The number of carbonyl (C=O) groups is 1. The van der Waals surface area contributed by atoms with Gasteiger partial charge < -0.3 is 5.32 Å². The summed E-state index contributed by atoms with van der Waals surface area (Å²) in [6.07, 6.45) is 10.1. The lowest BCUT2D eigenvalue weighted by atomic mass is 9.91. The first-order valence-electron chi connectivity index (χ1n) is 11.4. The van der Waals surface area contributed by atoms with Crippen LogP contribution in [-0.4, -0.2) is 33.4 Å². The molecule has 3 heterocycles. The highest BCUT2D eigenvalue weighted by Crippen LogP contribution is 2.40. The smallest absolute Gasteiger partial charge is 0.237 e. The van der Waals surface area contributed by atoms with Crippen molar-refractivity contribution >= 4 is 33.4 Å². The number of piperidine rings is 1. The van der Waals surface area contributed by atoms with E-state index in [0.717, 1.165) is 59.4 Å². The predicted octanol–water partition coefficient (Wildman–Crippen LogP) is 5.25. The fraction of sp³-hybridized carbons (Fsp3) is 0.346. The third-order valence-corrected chi connectivity index (χ3v) is 7.35. The molecule has 170 valence electrons. The van der Waals surface area contributed by atoms with Crippen LogP contribution in [0.25, 0.3) is 0 Å². The van der Waals surface area contributed by atoms with E-state index in [-0.39, 0.29) is 18.0 Å². The molecular weight excluding hydrogens is 500 g/mol. The number of aryl methyl sites for hydroxylation is 2. The molecule has 0 spiro atoms. The van der Waals surface area contributed by atoms with Crippen LogP contribution < -0.4 is 5.32 Å². The minimum absolute atomic E-state index is 0.0696. The monoisotopic (exact) mass is 524 g/mol. The van der Waals surface area contributed by atoms with Gasteiger partial charge in [-0.3, -0.25) is 19.7 Å². The first kappa shape index (κ1) is 22.5. The van der Waals surface area contributed by atoms with Gasteiger partial charge in [0.2, 0.25) is 5.91 Å². The molecule has 1 aliphatic heterocycles. The van der Waals surface area contributed by atoms with Crippen molar-refractivity contribution in [1.82, 2.24) is 20.2 Å². The maximum atomic E-state index is 13.4. The van der Waals surface area contributed by atoms with Gasteiger partial charge >= 0.3 is 0 Å². The molecule has 3 aromatic rings. The number of fused-ring (bicyclic) bond motifs is 2. The SMILES string of the molecule is O=C(NCc1ccncc1)[C@H]1CCCCN1C1c2ccc(Cl)cc2CCc2cc(Br)cnc21. The number of aromatic nitrogens is 2. The Kier molecular flexibility index (Phi) is 6.76. The topological polar surface area (TPSA) is 58.1 Å². The van der Waals surface area contributed by atoms with E-state index in [0.29, 0.717) is 6.54 Å². The molecule has 33 heavy (non-hydrogen) atoms. The number of nitrogens with zero attached hydrogens (tertiary/aromatic N) is 3. The minimum Gasteiger partial charge on any atom is -0.351 e. The Morgan fingerprint density at radius 1 is 1.12 bits per heavy atom. The van der Waals surface area contributed by atoms with Crippen molar-refractivity contribution in [3.05, 3.63) is 92.4 Å². The van der Waals surface area contributed by atoms with Gasteiger partial charge in [-0.15, -0.1) is 0 Å². The van der Waals surface area contributed by atoms with Crippen LogP contribution in [-0.2, 0) is 24.2 Å². The second-order valence-corrected chi connectivity index (χ2v) is 10.1. The normalized spacial score (nSPS) is 20.4. The molecule has 0 bridgehead atoms. The molecular formula is C26H26BrClN4O. The van der Waals surface area contributed by atoms with Crippen LogP contribution in [0, 0.1) is 0 Å². The van der Waals surface area contributed by atoms with E-state index in [4.69, 9.17) is 16.6 Å². The molecule has 0 radical (unpaired) electrons. The maximum absolute atomic E-state index is 13.4. The summed E-state index contributed by atoms with van der Waals surface area (Å²) in [5, 5.41) is 3.91. The number of pyridine rings is 2. The van der Waals surface area contributed by atoms with E-state index in [1.54, 1.807) is 12.4 Å². The van der Waals surface area contributed by atoms with E-state index in [9.17, 15) is 4.79 Å². The highest BCUT2D eigenvalue weighted by Gasteiger charge is 2.38. The number of likely N-dealkylation sites (tertiary alicyclic amines) is 1. The summed E-state index contributed by atoms with van der Waals surface area (Å²) in [5.74, 6) is 0.0740. The zero-order chi connectivity index (χ0) is 22.8. The van der Waals surface area contributed by atoms with Gasteiger partial charge in [-0.25, -0.2) is 0 Å². The number of amides is 1. The Hall–Kier alpha value is -2.28. The van der Waals surface area contributed by atoms with Crippen molar-refractivity contribution in [2.45, 2.75) is 50.7 Å². The van der Waals surface area contributed by atoms with Gasteiger partial charge in [0, 0.05) is 34.6 Å². The quantitative estimate of drug-likeness (QED) is 0.505. The predicted molar refractivity (Wildman–Crippen MR) is 133 cm³/mol. The van der Waals surface area contributed by atoms with Crippen molar-refractivity contribution in [2.75, 3.05) is 6.54 Å². The summed E-state index contributed by atoms with van der Waals surface area (Å²) in [7, 11) is 0. The van der Waals surface area contributed by atoms with Gasteiger partial charge in [0.15, 0.2) is 0 Å². The molecule has 1 aromatic carbocycles. The van der Waals surface area contributed by atoms with Gasteiger partial charge in [0.05, 0.1) is 17.8 Å². The lowest BCUT2D eigenvalue weighted by Crippen LogP contribution is -2.51. The van der Waals surface area contributed by atoms with Gasteiger partial charge in [-0.2, -0.15) is 0 Å². The molecule has 1 N–H and O–H groups in total. The standard InChI is InChI=1S/C26H26BrClN4O/c27-20-13-19-5-4-18-14-21(28)6-7-22(18)25(24(19)30-16-20)32-12-2-1-3-23(32)26(33)31-15-17-8-10-29-11-9-17/h6-11,13-14,16,23,25H,1-5,12,15H2,(H,31,33)/t23-,25?/m1/s1. The molecule has 1 amide bonds. The van der Waals surface area contributed by atoms with E-state index in [1.807, 2.05) is 24.4 Å². The Labute approximate surface area is 207 Å². The van der Waals surface area contributed by atoms with Gasteiger partial charge in [-0.05, 0) is 101 Å². The van der Waals surface area contributed by atoms with Crippen LogP contribution >= 0.6 is 27.5 Å². The summed E-state index contributed by atoms with van der Waals surface area (Å²) < 4.78 is 0.981. The molecule has 0 saturated carbocycles. The van der Waals surface area contributed by atoms with Crippen LogP contribution in [0.5, 0.6) is 0 Å². The Balaban J connectivity index is 1.51. The Morgan fingerprint density at radius 3 is 2.79 bits per heavy atom. The molecule has 1 unspecified atom stereocenters. The molecule has 5 rings (SSSR count). The van der Waals surface area contributed by atoms with Gasteiger partial charge in [0.25, 0.3) is 0 Å². The number of nitrogens with one attached hydrogen (secondary N) is 1. The summed E-state index contributed by atoms with van der Waals surface area (Å²) in [6.45, 7) is 1.36. The lowest BCUT2D eigenvalue weighted by Gasteiger charge is -2.41. The largest absolute Gasteiger partial charge is 0.351 e. The molecule has 7 heteroatoms. The van der Waals surface area contributed by atoms with Crippen LogP contribution in [0.2, 0.25) is 5.02 Å². The van der Waals surface area contributed by atoms with Crippen molar-refractivity contribution in [2.24, 2.45) is 0 Å². The third kappa shape index (κ3) is 4.84. The molecule has 2 atom stereocenters. The van der Waals surface area contributed by atoms with Crippen molar-refractivity contribution in [3.63, 3.8) is 0 Å². The third-order valence-electron chi connectivity index (χ3n) is 6.68. The summed E-state index contributed by atoms with van der Waals surface area (Å²) in [4.78, 5) is 24.7. The summed E-state index contributed by atoms with van der Waals surface area (Å²) in [5.41, 5.74) is 5.77. The highest BCUT2D eigenvalue weighted by molar-refractivity contribution is 9.10. The van der Waals surface area contributed by atoms with Crippen LogP contribution in [0.15, 0.2) is 59.5 Å². The number of hydrogen-bond acceptors (Lipinski definition) is 4. The van der Waals surface area contributed by atoms with Gasteiger partial charge in [0.1, 0.15) is 0 Å². The summed E-state index contributed by atoms with van der Waals surface area (Å²) in [6, 6.07) is 11.9. The van der Waals surface area contributed by atoms with E-state index < -0.39 is 0 Å². The fourth-order valence-corrected chi connectivity index (χ4v) is 5.67. The van der Waals surface area contributed by atoms with E-state index in [2.05, 4.69) is 49.3 Å². The van der Waals surface area contributed by atoms with Crippen LogP contribution in [0.1, 0.15) is 53.3 Å². The number of halogens is 2. The number of hydrogen-bond donors (Lipinski definition) is 1. The average molecular weight is 526 g/mol. The van der Waals surface area contributed by atoms with Crippen molar-refractivity contribution < 1.29 is 4.79 Å². The summed E-state index contributed by atoms with van der Waals surface area (Å²) >= 11 is 9.96. The first-order chi connectivity index (χ1) is 16.1. The molecule has 5 nitrogen and oxygen atoms in total. The lowest BCUT2D eigenvalue weighted by molar-refractivity contribution is -0.128. The molecule has 1 aliphatic carbocycles. The van der Waals surface area contributed by atoms with E-state index >= 15 is 0 Å². The fourth-order valence-electron chi connectivity index (χ4n) is 5.10. The number of carbonyl (C=O) groups excluding carboxylic acids is 1. The second kappa shape index (κ2) is 9.92. The molecule has 1 fully saturated rings. The average Bonchev–Trinajstić information content (AvgIpc) is 2.99. The molecule has 2 aliphatic rings. The zero-order valence-corrected chi connectivity index (χ0v) is 20.6. The first-order valence-corrected chi connectivity index (χ1v) is 12.6. The Morgan fingerprint density at radius 2 is 1.94 bits per heavy atom. The maximum Gasteiger partial charge on any atom is 0.237 e. The highest BCUT2D eigenvalue weighted by atomic mass is 79.9. The van der Waals surface area contributed by atoms with Crippen molar-refractivity contribution in [1.29, 1.82) is 0 Å². The van der Waals surface area contributed by atoms with Crippen LogP contribution in [0.4, 0.5) is 0 Å². The Bertz CT molecular complexity index is 1100. The minimum atomic E-state index is -0.203. The number of benzene rings is 1. The zero-order valence-electron chi connectivity index (χ0n) is 18.3. The van der Waals surface area contributed by atoms with Gasteiger partial charge in [-0.1, -0.05) is 24.1 Å². The van der Waals surface area contributed by atoms with Crippen molar-refractivity contribution in [3.8, 4) is 0 Å². The second-order valence-electron chi connectivity index (χ2n) is 8.77. The van der Waals surface area contributed by atoms with E-state index in [1.165, 1.54) is 16.7 Å². The number of rotatable bonds is 4. The molecule has 2 aromatic heterocycles. The van der Waals surface area contributed by atoms with Crippen LogP contribution in [0.3, 0.4) is 0 Å².